The summed E-state index contributed by atoms with van der Waals surface area (Å²) in [6.45, 7) is 5.43. The van der Waals surface area contributed by atoms with Crippen LogP contribution in [0.15, 0.2) is 78.9 Å². The van der Waals surface area contributed by atoms with E-state index in [1.807, 2.05) is 11.0 Å². The third kappa shape index (κ3) is 4.86. The van der Waals surface area contributed by atoms with Crippen molar-refractivity contribution in [3.63, 3.8) is 0 Å². The van der Waals surface area contributed by atoms with Crippen LogP contribution in [0.2, 0.25) is 0 Å². The number of ether oxygens (including phenoxy) is 1. The molecule has 0 bridgehead atoms. The first kappa shape index (κ1) is 22.6. The Bertz CT molecular complexity index is 1040. The molecular formula is C29H33N3O2. The van der Waals surface area contributed by atoms with Crippen LogP contribution >= 0.6 is 0 Å². The molecule has 1 amide bonds. The van der Waals surface area contributed by atoms with Crippen molar-refractivity contribution in [3.05, 3.63) is 101 Å². The first-order chi connectivity index (χ1) is 16.7. The maximum atomic E-state index is 13.2. The number of piperazine rings is 1. The van der Waals surface area contributed by atoms with E-state index in [4.69, 9.17) is 4.74 Å². The number of hydrogen-bond donors (Lipinski definition) is 0. The molecule has 5 nitrogen and oxygen atoms in total. The van der Waals surface area contributed by atoms with E-state index in [0.717, 1.165) is 51.4 Å². The van der Waals surface area contributed by atoms with Crippen molar-refractivity contribution >= 4 is 5.91 Å². The van der Waals surface area contributed by atoms with Gasteiger partial charge in [-0.15, -0.1) is 0 Å². The van der Waals surface area contributed by atoms with Crippen molar-refractivity contribution in [1.82, 2.24) is 14.7 Å². The molecule has 1 saturated heterocycles. The topological polar surface area (TPSA) is 36.0 Å². The molecule has 0 aliphatic carbocycles. The summed E-state index contributed by atoms with van der Waals surface area (Å²) < 4.78 is 5.56. The van der Waals surface area contributed by atoms with Gasteiger partial charge in [-0.1, -0.05) is 72.8 Å². The van der Waals surface area contributed by atoms with Crippen LogP contribution in [-0.4, -0.2) is 67.0 Å². The van der Waals surface area contributed by atoms with E-state index in [0.29, 0.717) is 6.54 Å². The van der Waals surface area contributed by atoms with Gasteiger partial charge in [0.05, 0.1) is 19.7 Å². The lowest BCUT2D eigenvalue weighted by Crippen LogP contribution is -2.52. The minimum atomic E-state index is 0.214. The van der Waals surface area contributed by atoms with Crippen LogP contribution in [0.4, 0.5) is 0 Å². The van der Waals surface area contributed by atoms with Gasteiger partial charge in [0.15, 0.2) is 0 Å². The number of methoxy groups -OCH3 is 1. The number of amides is 1. The molecule has 2 aliphatic rings. The van der Waals surface area contributed by atoms with Gasteiger partial charge in [0.25, 0.3) is 0 Å². The molecule has 0 spiro atoms. The second-order valence-electron chi connectivity index (χ2n) is 9.20. The van der Waals surface area contributed by atoms with E-state index in [2.05, 4.69) is 82.6 Å². The zero-order valence-corrected chi connectivity index (χ0v) is 19.9. The predicted octanol–water partition coefficient (Wildman–Crippen LogP) is 3.99. The molecule has 176 valence electrons. The molecule has 0 atom stereocenters. The second kappa shape index (κ2) is 10.4. The third-order valence-corrected chi connectivity index (χ3v) is 7.15. The van der Waals surface area contributed by atoms with Crippen molar-refractivity contribution < 1.29 is 9.53 Å². The lowest BCUT2D eigenvalue weighted by atomic mass is 9.96. The van der Waals surface area contributed by atoms with E-state index in [-0.39, 0.29) is 11.9 Å². The molecule has 0 N–H and O–H groups in total. The molecule has 34 heavy (non-hydrogen) atoms. The monoisotopic (exact) mass is 455 g/mol. The highest BCUT2D eigenvalue weighted by molar-refractivity contribution is 5.78. The lowest BCUT2D eigenvalue weighted by Gasteiger charge is -2.40. The highest BCUT2D eigenvalue weighted by atomic mass is 16.5. The number of carbonyl (C=O) groups is 1. The van der Waals surface area contributed by atoms with Gasteiger partial charge in [0.1, 0.15) is 5.75 Å². The number of carbonyl (C=O) groups excluding carboxylic acids is 1. The van der Waals surface area contributed by atoms with Gasteiger partial charge >= 0.3 is 0 Å². The summed E-state index contributed by atoms with van der Waals surface area (Å²) >= 11 is 0. The van der Waals surface area contributed by atoms with Gasteiger partial charge in [-0.05, 0) is 29.2 Å². The quantitative estimate of drug-likeness (QED) is 0.563. The van der Waals surface area contributed by atoms with Crippen molar-refractivity contribution in [1.29, 1.82) is 0 Å². The molecule has 0 unspecified atom stereocenters. The molecule has 0 radical (unpaired) electrons. The second-order valence-corrected chi connectivity index (χ2v) is 9.20. The molecule has 3 aromatic rings. The summed E-state index contributed by atoms with van der Waals surface area (Å²) in [4.78, 5) is 20.0. The highest BCUT2D eigenvalue weighted by Crippen LogP contribution is 2.30. The SMILES string of the molecule is COc1cccc2c1CN(CC(=O)N1CCN(C(c3ccccc3)c3ccccc3)CC1)CC2. The fourth-order valence-electron chi connectivity index (χ4n) is 5.34. The fraction of sp³-hybridized carbons (Fsp3) is 0.345. The molecule has 2 heterocycles. The Morgan fingerprint density at radius 3 is 2.09 bits per heavy atom. The molecule has 2 aliphatic heterocycles. The summed E-state index contributed by atoms with van der Waals surface area (Å²) in [6.07, 6.45) is 0.962. The Hall–Kier alpha value is -3.15. The maximum absolute atomic E-state index is 13.2. The van der Waals surface area contributed by atoms with E-state index in [1.165, 1.54) is 22.3 Å². The van der Waals surface area contributed by atoms with Crippen LogP contribution in [0.25, 0.3) is 0 Å². The van der Waals surface area contributed by atoms with Crippen LogP contribution in [0.3, 0.4) is 0 Å². The molecule has 0 saturated carbocycles. The standard InChI is InChI=1S/C29H33N3O2/c1-34-27-14-8-13-23-15-16-30(21-26(23)27)22-28(33)31-17-19-32(20-18-31)29(24-9-4-2-5-10-24)25-11-6-3-7-12-25/h2-14,29H,15-22H2,1H3. The zero-order valence-electron chi connectivity index (χ0n) is 19.9. The summed E-state index contributed by atoms with van der Waals surface area (Å²) in [6, 6.07) is 27.8. The van der Waals surface area contributed by atoms with Crippen LogP contribution in [0, 0.1) is 0 Å². The largest absolute Gasteiger partial charge is 0.496 e. The van der Waals surface area contributed by atoms with Gasteiger partial charge in [-0.25, -0.2) is 0 Å². The number of fused-ring (bicyclic) bond motifs is 1. The minimum absolute atomic E-state index is 0.214. The molecule has 1 fully saturated rings. The third-order valence-electron chi connectivity index (χ3n) is 7.15. The van der Waals surface area contributed by atoms with Crippen LogP contribution in [0.5, 0.6) is 5.75 Å². The van der Waals surface area contributed by atoms with Crippen LogP contribution in [0.1, 0.15) is 28.3 Å². The zero-order chi connectivity index (χ0) is 23.3. The summed E-state index contributed by atoms with van der Waals surface area (Å²) in [5.74, 6) is 1.16. The summed E-state index contributed by atoms with van der Waals surface area (Å²) in [5, 5.41) is 0. The molecule has 0 aromatic heterocycles. The highest BCUT2D eigenvalue weighted by Gasteiger charge is 2.29. The minimum Gasteiger partial charge on any atom is -0.496 e. The average molecular weight is 456 g/mol. The predicted molar refractivity (Wildman–Crippen MR) is 135 cm³/mol. The van der Waals surface area contributed by atoms with E-state index in [9.17, 15) is 4.79 Å². The number of nitrogens with zero attached hydrogens (tertiary/aromatic N) is 3. The number of rotatable bonds is 6. The number of benzene rings is 3. The van der Waals surface area contributed by atoms with E-state index >= 15 is 0 Å². The van der Waals surface area contributed by atoms with E-state index in [1.54, 1.807) is 7.11 Å². The molecular weight excluding hydrogens is 422 g/mol. The van der Waals surface area contributed by atoms with Crippen molar-refractivity contribution in [3.8, 4) is 5.75 Å². The summed E-state index contributed by atoms with van der Waals surface area (Å²) in [5.41, 5.74) is 5.16. The Labute approximate surface area is 202 Å². The van der Waals surface area contributed by atoms with Gasteiger partial charge < -0.3 is 9.64 Å². The number of hydrogen-bond acceptors (Lipinski definition) is 4. The van der Waals surface area contributed by atoms with Gasteiger partial charge in [-0.3, -0.25) is 14.6 Å². The van der Waals surface area contributed by atoms with E-state index < -0.39 is 0 Å². The fourth-order valence-corrected chi connectivity index (χ4v) is 5.34. The summed E-state index contributed by atoms with van der Waals surface area (Å²) in [7, 11) is 1.72. The van der Waals surface area contributed by atoms with Crippen LogP contribution < -0.4 is 4.74 Å². The molecule has 5 heteroatoms. The Balaban J connectivity index is 1.22. The van der Waals surface area contributed by atoms with Crippen molar-refractivity contribution in [2.24, 2.45) is 0 Å². The van der Waals surface area contributed by atoms with Crippen molar-refractivity contribution in [2.45, 2.75) is 19.0 Å². The Kier molecular flexibility index (Phi) is 6.93. The Morgan fingerprint density at radius 1 is 0.824 bits per heavy atom. The Morgan fingerprint density at radius 2 is 1.47 bits per heavy atom. The molecule has 3 aromatic carbocycles. The van der Waals surface area contributed by atoms with Gasteiger partial charge in [-0.2, -0.15) is 0 Å². The smallest absolute Gasteiger partial charge is 0.236 e. The lowest BCUT2D eigenvalue weighted by molar-refractivity contribution is -0.134. The van der Waals surface area contributed by atoms with Crippen molar-refractivity contribution in [2.75, 3.05) is 46.4 Å². The first-order valence-corrected chi connectivity index (χ1v) is 12.2. The average Bonchev–Trinajstić information content (AvgIpc) is 2.90. The van der Waals surface area contributed by atoms with Gasteiger partial charge in [0, 0.05) is 44.8 Å². The molecule has 5 rings (SSSR count). The maximum Gasteiger partial charge on any atom is 0.236 e. The normalized spacial score (nSPS) is 16.9. The van der Waals surface area contributed by atoms with Crippen LogP contribution in [-0.2, 0) is 17.8 Å². The van der Waals surface area contributed by atoms with Gasteiger partial charge in [0.2, 0.25) is 5.91 Å². The first-order valence-electron chi connectivity index (χ1n) is 12.2.